The molecule has 8 rings (SSSR count). The van der Waals surface area contributed by atoms with Gasteiger partial charge in [-0.05, 0) is 72.4 Å². The number of likely N-dealkylation sites (tertiary alicyclic amines) is 1. The first-order valence-electron chi connectivity index (χ1n) is 26.0. The standard InChI is InChI=1S/C56H66FN9O11S/c1-32-48(78-31-60-32)35-12-10-34(11-13-35)41(62-51(72)43-27-37(67)30-66(43)53(74)49(55(2,3)4)63-54(75)56(57)19-20-56)29-47(70)59-22-25-76-24-18-46(69)58-21-23-65(5)52(73)39-16-14-36(26-44(39)68)45-28-42(64-77-45)50(71)61-40-17-15-33-8-6-7-9-38(33)40/h6-14,16,26,28,31,37,40-41,43,49,67-68H,15,17-25,27,29-30H2,1-5H3,(H,58,69)(H,59,70)(H,61,71)(H,62,72)(H,63,75)/t37-,40-,41+,43+,49-/m1/s1. The Morgan fingerprint density at radius 2 is 1.68 bits per heavy atom. The quantitative estimate of drug-likeness (QED) is 0.0458. The zero-order valence-electron chi connectivity index (χ0n) is 44.2. The molecule has 7 N–H and O–H groups in total. The van der Waals surface area contributed by atoms with Crippen LogP contribution in [0.25, 0.3) is 21.8 Å². The van der Waals surface area contributed by atoms with E-state index in [0.717, 1.165) is 34.5 Å². The topological polar surface area (TPSA) is 275 Å². The Labute approximate surface area is 454 Å². The van der Waals surface area contributed by atoms with E-state index < -0.39 is 64.8 Å². The Morgan fingerprint density at radius 1 is 0.949 bits per heavy atom. The number of aromatic nitrogens is 2. The van der Waals surface area contributed by atoms with E-state index in [9.17, 15) is 48.2 Å². The number of carbonyl (C=O) groups is 7. The maximum Gasteiger partial charge on any atom is 0.273 e. The molecule has 5 aromatic rings. The van der Waals surface area contributed by atoms with Crippen LogP contribution in [0.3, 0.4) is 0 Å². The Balaban J connectivity index is 0.773. The van der Waals surface area contributed by atoms with Crippen molar-refractivity contribution in [3.8, 4) is 27.5 Å². The maximum atomic E-state index is 14.7. The summed E-state index contributed by atoms with van der Waals surface area (Å²) in [6.45, 7) is 7.27. The highest BCUT2D eigenvalue weighted by Crippen LogP contribution is 2.41. The van der Waals surface area contributed by atoms with Crippen LogP contribution in [0.2, 0.25) is 0 Å². The monoisotopic (exact) mass is 1090 g/mol. The fraction of sp³-hybridized carbons (Fsp3) is 0.446. The van der Waals surface area contributed by atoms with Gasteiger partial charge in [0, 0.05) is 57.7 Å². The first-order valence-corrected chi connectivity index (χ1v) is 26.9. The van der Waals surface area contributed by atoms with Crippen LogP contribution in [-0.2, 0) is 35.1 Å². The highest BCUT2D eigenvalue weighted by molar-refractivity contribution is 7.13. The SMILES string of the molecule is Cc1ncsc1-c1ccc([C@H](CC(=O)NCCOCCC(=O)NCCN(C)C(=O)c2ccc(-c3cc(C(=O)N[C@@H]4CCc5ccccc54)no3)cc2O)NC(=O)[C@@H]2C[C@@H](O)CN2C(=O)[C@@H](NC(=O)C2(F)CC2)C(C)(C)C)cc1. The molecular formula is C56H66FN9O11S. The Bertz CT molecular complexity index is 3030. The van der Waals surface area contributed by atoms with E-state index >= 15 is 0 Å². The predicted octanol–water partition coefficient (Wildman–Crippen LogP) is 4.85. The normalized spacial score (nSPS) is 18.0. The van der Waals surface area contributed by atoms with Crippen molar-refractivity contribution < 1.29 is 57.4 Å². The van der Waals surface area contributed by atoms with Crippen LogP contribution in [0.4, 0.5) is 4.39 Å². The van der Waals surface area contributed by atoms with Crippen molar-refractivity contribution in [2.45, 2.75) is 109 Å². The lowest BCUT2D eigenvalue weighted by Gasteiger charge is -2.36. The molecule has 3 heterocycles. The average molecular weight is 1090 g/mol. The molecule has 0 bridgehead atoms. The second kappa shape index (κ2) is 24.4. The van der Waals surface area contributed by atoms with E-state index in [-0.39, 0.29) is 112 Å². The molecular weight excluding hydrogens is 1030 g/mol. The van der Waals surface area contributed by atoms with Gasteiger partial charge in [0.2, 0.25) is 23.6 Å². The molecule has 1 aliphatic heterocycles. The van der Waals surface area contributed by atoms with Crippen LogP contribution in [-0.4, -0.2) is 142 Å². The van der Waals surface area contributed by atoms with Gasteiger partial charge >= 0.3 is 0 Å². The van der Waals surface area contributed by atoms with E-state index in [1.807, 2.05) is 43.3 Å². The molecule has 0 unspecified atom stereocenters. The summed E-state index contributed by atoms with van der Waals surface area (Å²) in [6, 6.07) is 17.8. The zero-order valence-corrected chi connectivity index (χ0v) is 45.0. The van der Waals surface area contributed by atoms with E-state index in [0.29, 0.717) is 11.1 Å². The van der Waals surface area contributed by atoms with Crippen molar-refractivity contribution in [3.05, 3.63) is 112 Å². The largest absolute Gasteiger partial charge is 0.507 e. The zero-order chi connectivity index (χ0) is 55.9. The van der Waals surface area contributed by atoms with Crippen molar-refractivity contribution in [3.63, 3.8) is 0 Å². The summed E-state index contributed by atoms with van der Waals surface area (Å²) in [4.78, 5) is 101. The van der Waals surface area contributed by atoms with Crippen molar-refractivity contribution in [1.29, 1.82) is 0 Å². The molecule has 22 heteroatoms. The molecule has 3 aromatic carbocycles. The molecule has 2 aromatic heterocycles. The molecule has 78 heavy (non-hydrogen) atoms. The van der Waals surface area contributed by atoms with Crippen LogP contribution < -0.4 is 26.6 Å². The number of likely N-dealkylation sites (N-methyl/N-ethyl adjacent to an activating group) is 1. The molecule has 1 saturated carbocycles. The summed E-state index contributed by atoms with van der Waals surface area (Å²) in [6.07, 6.45) is 0.399. The van der Waals surface area contributed by atoms with Crippen molar-refractivity contribution >= 4 is 52.7 Å². The van der Waals surface area contributed by atoms with Crippen LogP contribution in [0.15, 0.2) is 82.8 Å². The number of hydrogen-bond acceptors (Lipinski definition) is 14. The molecule has 1 saturated heterocycles. The van der Waals surface area contributed by atoms with Gasteiger partial charge in [-0.3, -0.25) is 33.6 Å². The number of thiazole rings is 1. The molecule has 2 aliphatic carbocycles. The molecule has 2 fully saturated rings. The molecule has 414 valence electrons. The van der Waals surface area contributed by atoms with Crippen LogP contribution in [0, 0.1) is 12.3 Å². The Morgan fingerprint density at radius 3 is 2.38 bits per heavy atom. The van der Waals surface area contributed by atoms with Gasteiger partial charge in [-0.15, -0.1) is 11.3 Å². The molecule has 7 amide bonds. The van der Waals surface area contributed by atoms with E-state index in [2.05, 4.69) is 36.7 Å². The number of aliphatic hydroxyl groups excluding tert-OH is 1. The van der Waals surface area contributed by atoms with Crippen LogP contribution in [0.1, 0.15) is 115 Å². The molecule has 0 radical (unpaired) electrons. The molecule has 0 spiro atoms. The number of amides is 7. The molecule has 20 nitrogen and oxygen atoms in total. The van der Waals surface area contributed by atoms with Gasteiger partial charge in [0.05, 0.1) is 59.5 Å². The number of rotatable bonds is 22. The maximum absolute atomic E-state index is 14.7. The fourth-order valence-corrected chi connectivity index (χ4v) is 10.4. The number of nitrogens with zero attached hydrogens (tertiary/aromatic N) is 4. The van der Waals surface area contributed by atoms with Gasteiger partial charge in [-0.2, -0.15) is 0 Å². The third kappa shape index (κ3) is 13.8. The minimum absolute atomic E-state index is 0.00650. The van der Waals surface area contributed by atoms with E-state index in [1.165, 1.54) is 51.9 Å². The third-order valence-corrected chi connectivity index (χ3v) is 15.2. The Hall–Kier alpha value is -7.56. The minimum Gasteiger partial charge on any atom is -0.507 e. The number of β-amino-alcohol motifs (C(OH)–C–C–N with tert-alkyl or cyclic N) is 1. The number of carbonyl (C=O) groups excluding carboxylic acids is 7. The Kier molecular flexibility index (Phi) is 17.7. The van der Waals surface area contributed by atoms with Crippen LogP contribution >= 0.6 is 11.3 Å². The first-order chi connectivity index (χ1) is 37.2. The molecule has 3 aliphatic rings. The first kappa shape index (κ1) is 56.6. The van der Waals surface area contributed by atoms with E-state index in [1.54, 1.807) is 44.5 Å². The number of fused-ring (bicyclic) bond motifs is 1. The number of phenolic OH excluding ortho intramolecular Hbond substituents is 1. The van der Waals surface area contributed by atoms with Crippen LogP contribution in [0.5, 0.6) is 5.75 Å². The third-order valence-electron chi connectivity index (χ3n) is 14.2. The summed E-state index contributed by atoms with van der Waals surface area (Å²) < 4.78 is 25.8. The van der Waals surface area contributed by atoms with Gasteiger partial charge in [0.15, 0.2) is 17.1 Å². The smallest absolute Gasteiger partial charge is 0.273 e. The fourth-order valence-electron chi connectivity index (χ4n) is 9.55. The van der Waals surface area contributed by atoms with Crippen molar-refractivity contribution in [1.82, 2.24) is 46.5 Å². The number of hydrogen-bond donors (Lipinski definition) is 7. The lowest BCUT2D eigenvalue weighted by atomic mass is 9.85. The number of nitrogens with one attached hydrogen (secondary N) is 5. The summed E-state index contributed by atoms with van der Waals surface area (Å²) >= 11 is 1.48. The lowest BCUT2D eigenvalue weighted by molar-refractivity contribution is -0.145. The van der Waals surface area contributed by atoms with Crippen molar-refractivity contribution in [2.75, 3.05) is 46.4 Å². The second-order valence-electron chi connectivity index (χ2n) is 21.1. The summed E-state index contributed by atoms with van der Waals surface area (Å²) in [7, 11) is 1.53. The van der Waals surface area contributed by atoms with E-state index in [4.69, 9.17) is 9.26 Å². The van der Waals surface area contributed by atoms with Crippen molar-refractivity contribution in [2.24, 2.45) is 5.41 Å². The summed E-state index contributed by atoms with van der Waals surface area (Å²) in [5.74, 6) is -3.87. The van der Waals surface area contributed by atoms with Gasteiger partial charge in [-0.25, -0.2) is 9.37 Å². The number of aryl methyl sites for hydroxylation is 2. The minimum atomic E-state index is -2.03. The highest BCUT2D eigenvalue weighted by atomic mass is 32.1. The number of ether oxygens (including phenoxy) is 1. The van der Waals surface area contributed by atoms with Gasteiger partial charge in [0.1, 0.15) is 17.8 Å². The summed E-state index contributed by atoms with van der Waals surface area (Å²) in [5, 5.41) is 39.5. The number of phenols is 1. The van der Waals surface area contributed by atoms with Gasteiger partial charge < -0.3 is 55.9 Å². The summed E-state index contributed by atoms with van der Waals surface area (Å²) in [5.41, 5.74) is 3.96. The number of aromatic hydroxyl groups is 1. The second-order valence-corrected chi connectivity index (χ2v) is 22.0. The number of halogens is 1. The van der Waals surface area contributed by atoms with Gasteiger partial charge in [-0.1, -0.05) is 80.5 Å². The lowest BCUT2D eigenvalue weighted by Crippen LogP contribution is -2.59. The highest BCUT2D eigenvalue weighted by Gasteiger charge is 2.53. The van der Waals surface area contributed by atoms with Gasteiger partial charge in [0.25, 0.3) is 17.7 Å². The number of benzene rings is 3. The number of alkyl halides is 1. The average Bonchev–Trinajstić information content (AvgIpc) is 3.97. The molecule has 5 atom stereocenters. The number of aliphatic hydroxyl groups is 1. The predicted molar refractivity (Wildman–Crippen MR) is 285 cm³/mol.